The summed E-state index contributed by atoms with van der Waals surface area (Å²) < 4.78 is 0.930. The van der Waals surface area contributed by atoms with Gasteiger partial charge in [0.05, 0.1) is 11.6 Å². The van der Waals surface area contributed by atoms with Gasteiger partial charge in [-0.25, -0.2) is 0 Å². The standard InChI is InChI=1S/C13H13ClINO/c1-3-7-16(8-4-2)13(17)10-5-6-12(15)11(14)9-10/h1,5-6,9H,4,7-8H2,2H3. The second-order valence-corrected chi connectivity index (χ2v) is 5.13. The van der Waals surface area contributed by atoms with Crippen molar-refractivity contribution < 1.29 is 4.79 Å². The number of amides is 1. The van der Waals surface area contributed by atoms with Gasteiger partial charge in [-0.15, -0.1) is 6.42 Å². The largest absolute Gasteiger partial charge is 0.328 e. The number of carbonyl (C=O) groups excluding carboxylic acids is 1. The molecule has 1 aromatic rings. The van der Waals surface area contributed by atoms with Gasteiger partial charge in [-0.05, 0) is 47.2 Å². The molecule has 0 aromatic heterocycles. The lowest BCUT2D eigenvalue weighted by atomic mass is 10.2. The van der Waals surface area contributed by atoms with Gasteiger partial charge in [0.2, 0.25) is 0 Å². The summed E-state index contributed by atoms with van der Waals surface area (Å²) in [6, 6.07) is 5.29. The van der Waals surface area contributed by atoms with Gasteiger partial charge in [0.25, 0.3) is 5.91 Å². The van der Waals surface area contributed by atoms with E-state index in [9.17, 15) is 4.79 Å². The van der Waals surface area contributed by atoms with Crippen LogP contribution in [0, 0.1) is 15.9 Å². The monoisotopic (exact) mass is 361 g/mol. The van der Waals surface area contributed by atoms with Crippen molar-refractivity contribution in [2.75, 3.05) is 13.1 Å². The van der Waals surface area contributed by atoms with E-state index in [-0.39, 0.29) is 5.91 Å². The van der Waals surface area contributed by atoms with Crippen molar-refractivity contribution in [2.45, 2.75) is 13.3 Å². The first-order valence-corrected chi connectivity index (χ1v) is 6.73. The number of carbonyl (C=O) groups is 1. The van der Waals surface area contributed by atoms with Gasteiger partial charge in [0.1, 0.15) is 0 Å². The molecule has 90 valence electrons. The summed E-state index contributed by atoms with van der Waals surface area (Å²) in [5, 5.41) is 0.591. The molecule has 0 atom stereocenters. The van der Waals surface area contributed by atoms with Gasteiger partial charge >= 0.3 is 0 Å². The molecule has 0 unspecified atom stereocenters. The van der Waals surface area contributed by atoms with Crippen LogP contribution in [0.1, 0.15) is 23.7 Å². The second kappa shape index (κ2) is 6.87. The molecule has 0 bridgehead atoms. The van der Waals surface area contributed by atoms with Crippen LogP contribution in [0.25, 0.3) is 0 Å². The summed E-state index contributed by atoms with van der Waals surface area (Å²) in [5.41, 5.74) is 0.583. The van der Waals surface area contributed by atoms with Crippen molar-refractivity contribution in [1.29, 1.82) is 0 Å². The lowest BCUT2D eigenvalue weighted by Gasteiger charge is -2.19. The third kappa shape index (κ3) is 3.90. The van der Waals surface area contributed by atoms with Crippen molar-refractivity contribution in [1.82, 2.24) is 4.90 Å². The Hall–Kier alpha value is -0.730. The van der Waals surface area contributed by atoms with Crippen molar-refractivity contribution in [3.63, 3.8) is 0 Å². The summed E-state index contributed by atoms with van der Waals surface area (Å²) in [5.74, 6) is 2.43. The molecule has 2 nitrogen and oxygen atoms in total. The Morgan fingerprint density at radius 3 is 2.82 bits per heavy atom. The van der Waals surface area contributed by atoms with Gasteiger partial charge in [-0.1, -0.05) is 24.4 Å². The SMILES string of the molecule is C#CCN(CCC)C(=O)c1ccc(I)c(Cl)c1. The van der Waals surface area contributed by atoms with Crippen LogP contribution < -0.4 is 0 Å². The number of hydrogen-bond donors (Lipinski definition) is 0. The number of hydrogen-bond acceptors (Lipinski definition) is 1. The molecule has 0 aliphatic rings. The molecule has 0 aliphatic heterocycles. The molecule has 0 spiro atoms. The molecule has 0 fully saturated rings. The first kappa shape index (κ1) is 14.3. The molecular weight excluding hydrogens is 349 g/mol. The summed E-state index contributed by atoms with van der Waals surface area (Å²) in [4.78, 5) is 13.8. The third-order valence-electron chi connectivity index (χ3n) is 2.23. The highest BCUT2D eigenvalue weighted by Gasteiger charge is 2.14. The predicted molar refractivity (Wildman–Crippen MR) is 79.2 cm³/mol. The number of benzene rings is 1. The first-order valence-electron chi connectivity index (χ1n) is 5.28. The second-order valence-electron chi connectivity index (χ2n) is 3.56. The van der Waals surface area contributed by atoms with E-state index in [0.29, 0.717) is 23.7 Å². The zero-order valence-corrected chi connectivity index (χ0v) is 12.5. The minimum absolute atomic E-state index is 0.0666. The Morgan fingerprint density at radius 2 is 2.29 bits per heavy atom. The fourth-order valence-corrected chi connectivity index (χ4v) is 1.96. The smallest absolute Gasteiger partial charge is 0.254 e. The van der Waals surface area contributed by atoms with E-state index in [2.05, 4.69) is 28.5 Å². The van der Waals surface area contributed by atoms with E-state index in [0.717, 1.165) is 9.99 Å². The fraction of sp³-hybridized carbons (Fsp3) is 0.308. The van der Waals surface area contributed by atoms with Crippen LogP contribution in [-0.4, -0.2) is 23.9 Å². The average molecular weight is 362 g/mol. The van der Waals surface area contributed by atoms with Gasteiger partial charge < -0.3 is 4.90 Å². The number of nitrogens with zero attached hydrogens (tertiary/aromatic N) is 1. The third-order valence-corrected chi connectivity index (χ3v) is 3.80. The first-order chi connectivity index (χ1) is 8.10. The number of terminal acetylenes is 1. The molecule has 0 aliphatic carbocycles. The van der Waals surface area contributed by atoms with E-state index in [4.69, 9.17) is 18.0 Å². The summed E-state index contributed by atoms with van der Waals surface area (Å²) in [7, 11) is 0. The average Bonchev–Trinajstić information content (AvgIpc) is 2.31. The number of halogens is 2. The minimum atomic E-state index is -0.0666. The predicted octanol–water partition coefficient (Wildman–Crippen LogP) is 3.43. The van der Waals surface area contributed by atoms with Gasteiger partial charge in [-0.3, -0.25) is 4.79 Å². The van der Waals surface area contributed by atoms with E-state index < -0.39 is 0 Å². The van der Waals surface area contributed by atoms with Crippen molar-refractivity contribution in [2.24, 2.45) is 0 Å². The Kier molecular flexibility index (Phi) is 5.79. The molecule has 0 saturated heterocycles. The molecule has 0 saturated carbocycles. The molecule has 0 heterocycles. The zero-order chi connectivity index (χ0) is 12.8. The van der Waals surface area contributed by atoms with E-state index >= 15 is 0 Å². The molecule has 0 radical (unpaired) electrons. The van der Waals surface area contributed by atoms with Crippen LogP contribution in [0.4, 0.5) is 0 Å². The maximum absolute atomic E-state index is 12.2. The topological polar surface area (TPSA) is 20.3 Å². The van der Waals surface area contributed by atoms with Crippen molar-refractivity contribution in [3.05, 3.63) is 32.4 Å². The highest BCUT2D eigenvalue weighted by atomic mass is 127. The van der Waals surface area contributed by atoms with Gasteiger partial charge in [0.15, 0.2) is 0 Å². The lowest BCUT2D eigenvalue weighted by molar-refractivity contribution is 0.0777. The molecule has 17 heavy (non-hydrogen) atoms. The molecule has 1 rings (SSSR count). The van der Waals surface area contributed by atoms with Crippen molar-refractivity contribution >= 4 is 40.1 Å². The Morgan fingerprint density at radius 1 is 1.59 bits per heavy atom. The molecule has 4 heteroatoms. The van der Waals surface area contributed by atoms with Crippen LogP contribution in [0.2, 0.25) is 5.02 Å². The molecule has 1 amide bonds. The number of rotatable bonds is 4. The van der Waals surface area contributed by atoms with Gasteiger partial charge in [-0.2, -0.15) is 0 Å². The van der Waals surface area contributed by atoms with Crippen LogP contribution in [-0.2, 0) is 0 Å². The van der Waals surface area contributed by atoms with Crippen LogP contribution in [0.3, 0.4) is 0 Å². The summed E-state index contributed by atoms with van der Waals surface area (Å²) in [6.45, 7) is 3.00. The molecule has 1 aromatic carbocycles. The van der Waals surface area contributed by atoms with E-state index in [1.807, 2.05) is 13.0 Å². The van der Waals surface area contributed by atoms with Crippen LogP contribution in [0.15, 0.2) is 18.2 Å². The lowest BCUT2D eigenvalue weighted by Crippen LogP contribution is -2.32. The van der Waals surface area contributed by atoms with Crippen LogP contribution in [0.5, 0.6) is 0 Å². The maximum atomic E-state index is 12.2. The van der Waals surface area contributed by atoms with E-state index in [1.165, 1.54) is 0 Å². The Bertz CT molecular complexity index is 453. The maximum Gasteiger partial charge on any atom is 0.254 e. The fourth-order valence-electron chi connectivity index (χ4n) is 1.44. The normalized spacial score (nSPS) is 9.76. The highest BCUT2D eigenvalue weighted by Crippen LogP contribution is 2.20. The zero-order valence-electron chi connectivity index (χ0n) is 9.54. The summed E-state index contributed by atoms with van der Waals surface area (Å²) in [6.07, 6.45) is 6.14. The quantitative estimate of drug-likeness (QED) is 0.594. The van der Waals surface area contributed by atoms with Gasteiger partial charge in [0, 0.05) is 15.7 Å². The minimum Gasteiger partial charge on any atom is -0.328 e. The van der Waals surface area contributed by atoms with Crippen LogP contribution >= 0.6 is 34.2 Å². The molecule has 0 N–H and O–H groups in total. The molecular formula is C13H13ClINO. The summed E-state index contributed by atoms with van der Waals surface area (Å²) >= 11 is 8.12. The Labute approximate surface area is 120 Å². The van der Waals surface area contributed by atoms with Crippen molar-refractivity contribution in [3.8, 4) is 12.3 Å². The van der Waals surface area contributed by atoms with E-state index in [1.54, 1.807) is 17.0 Å². The Balaban J connectivity index is 2.93. The highest BCUT2D eigenvalue weighted by molar-refractivity contribution is 14.1.